The minimum Gasteiger partial charge on any atom is -0.441 e. The lowest BCUT2D eigenvalue weighted by Gasteiger charge is -2.34. The maximum Gasteiger partial charge on any atom is 0.245 e. The van der Waals surface area contributed by atoms with Gasteiger partial charge in [-0.2, -0.15) is 0 Å². The van der Waals surface area contributed by atoms with E-state index < -0.39 is 0 Å². The molecule has 10 heavy (non-hydrogen) atoms. The molecule has 1 fully saturated rings. The van der Waals surface area contributed by atoms with Crippen LogP contribution in [-0.4, -0.2) is 19.6 Å². The SMILES string of the molecule is CB1[B]C(C)(C)C(C)(C)O1. The molecule has 0 N–H and O–H groups in total. The monoisotopic (exact) mass is 137 g/mol. The number of hydrogen-bond donors (Lipinski definition) is 0. The zero-order chi connectivity index (χ0) is 7.99. The van der Waals surface area contributed by atoms with Gasteiger partial charge in [0.1, 0.15) is 7.17 Å². The van der Waals surface area contributed by atoms with E-state index in [9.17, 15) is 0 Å². The van der Waals surface area contributed by atoms with Crippen LogP contribution in [0.25, 0.3) is 0 Å². The third-order valence-corrected chi connectivity index (χ3v) is 2.68. The van der Waals surface area contributed by atoms with Crippen molar-refractivity contribution in [2.24, 2.45) is 0 Å². The van der Waals surface area contributed by atoms with Crippen molar-refractivity contribution in [1.82, 2.24) is 0 Å². The van der Waals surface area contributed by atoms with Crippen molar-refractivity contribution >= 4 is 14.0 Å². The molecule has 0 saturated carbocycles. The second-order valence-electron chi connectivity index (χ2n) is 4.22. The third-order valence-electron chi connectivity index (χ3n) is 2.68. The molecule has 0 atom stereocenters. The average Bonchev–Trinajstić information content (AvgIpc) is 1.73. The van der Waals surface area contributed by atoms with E-state index in [-0.39, 0.29) is 10.9 Å². The predicted molar refractivity (Wildman–Crippen MR) is 46.6 cm³/mol. The minimum absolute atomic E-state index is 0.00637. The standard InChI is InChI=1S/C7H15B2O/c1-6(2)7(3,4)10-9(5)8-6/h1-5H3. The van der Waals surface area contributed by atoms with Crippen LogP contribution in [0.15, 0.2) is 0 Å². The molecule has 3 heteroatoms. The van der Waals surface area contributed by atoms with E-state index in [0.717, 1.165) is 0 Å². The Morgan fingerprint density at radius 3 is 1.80 bits per heavy atom. The Kier molecular flexibility index (Phi) is 1.67. The quantitative estimate of drug-likeness (QED) is 0.462. The van der Waals surface area contributed by atoms with Crippen molar-refractivity contribution in [2.45, 2.75) is 45.4 Å². The molecule has 55 valence electrons. The van der Waals surface area contributed by atoms with Crippen LogP contribution in [-0.2, 0) is 4.65 Å². The minimum atomic E-state index is 0.00637. The summed E-state index contributed by atoms with van der Waals surface area (Å²) in [6, 6.07) is 0. The molecule has 0 aromatic heterocycles. The van der Waals surface area contributed by atoms with E-state index in [2.05, 4.69) is 41.7 Å². The fourth-order valence-corrected chi connectivity index (χ4v) is 1.44. The highest BCUT2D eigenvalue weighted by molar-refractivity contribution is 7.10. The van der Waals surface area contributed by atoms with Gasteiger partial charge in [-0.1, -0.05) is 20.7 Å². The molecule has 1 aliphatic rings. The first-order valence-corrected chi connectivity index (χ1v) is 3.89. The Labute approximate surface area is 64.9 Å². The van der Waals surface area contributed by atoms with Gasteiger partial charge in [0.2, 0.25) is 6.81 Å². The summed E-state index contributed by atoms with van der Waals surface area (Å²) in [5, 5.41) is 0.215. The maximum atomic E-state index is 5.71. The molecular formula is C7H15B2O. The predicted octanol–water partition coefficient (Wildman–Crippen LogP) is 1.82. The van der Waals surface area contributed by atoms with Gasteiger partial charge in [0.25, 0.3) is 0 Å². The first kappa shape index (κ1) is 8.19. The van der Waals surface area contributed by atoms with Gasteiger partial charge in [0.05, 0.1) is 0 Å². The molecular weight excluding hydrogens is 122 g/mol. The van der Waals surface area contributed by atoms with E-state index in [1.54, 1.807) is 0 Å². The van der Waals surface area contributed by atoms with Crippen LogP contribution in [0.4, 0.5) is 0 Å². The van der Waals surface area contributed by atoms with Gasteiger partial charge < -0.3 is 4.65 Å². The van der Waals surface area contributed by atoms with Crippen LogP contribution in [0.2, 0.25) is 12.1 Å². The van der Waals surface area contributed by atoms with Crippen LogP contribution in [0.1, 0.15) is 27.7 Å². The zero-order valence-corrected chi connectivity index (χ0v) is 7.56. The van der Waals surface area contributed by atoms with Crippen molar-refractivity contribution in [3.05, 3.63) is 0 Å². The summed E-state index contributed by atoms with van der Waals surface area (Å²) in [4.78, 5) is 0. The molecule has 0 unspecified atom stereocenters. The van der Waals surface area contributed by atoms with Crippen molar-refractivity contribution in [1.29, 1.82) is 0 Å². The second kappa shape index (κ2) is 2.04. The Morgan fingerprint density at radius 2 is 1.70 bits per heavy atom. The highest BCUT2D eigenvalue weighted by atomic mass is 16.5. The Morgan fingerprint density at radius 1 is 1.20 bits per heavy atom. The Hall–Kier alpha value is 0.0899. The van der Waals surface area contributed by atoms with Gasteiger partial charge in [-0.25, -0.2) is 0 Å². The van der Waals surface area contributed by atoms with Crippen LogP contribution < -0.4 is 0 Å². The van der Waals surface area contributed by atoms with Gasteiger partial charge in [0.15, 0.2) is 0 Å². The third kappa shape index (κ3) is 1.12. The summed E-state index contributed by atoms with van der Waals surface area (Å²) in [6.45, 7) is 11.1. The van der Waals surface area contributed by atoms with Gasteiger partial charge in [-0.3, -0.25) is 0 Å². The first-order valence-electron chi connectivity index (χ1n) is 3.89. The summed E-state index contributed by atoms with van der Waals surface area (Å²) in [5.74, 6) is 0. The molecule has 0 aliphatic carbocycles. The number of hydrogen-bond acceptors (Lipinski definition) is 1. The molecule has 0 bridgehead atoms. The maximum absolute atomic E-state index is 5.71. The topological polar surface area (TPSA) is 9.23 Å². The Bertz CT molecular complexity index is 127. The molecule has 0 aromatic rings. The van der Waals surface area contributed by atoms with E-state index in [1.165, 1.54) is 0 Å². The fourth-order valence-electron chi connectivity index (χ4n) is 1.44. The van der Waals surface area contributed by atoms with Gasteiger partial charge in [-0.05, 0) is 19.2 Å². The summed E-state index contributed by atoms with van der Waals surface area (Å²) in [7, 11) is 2.27. The summed E-state index contributed by atoms with van der Waals surface area (Å²) < 4.78 is 5.71. The van der Waals surface area contributed by atoms with Gasteiger partial charge >= 0.3 is 0 Å². The Balaban J connectivity index is 2.78. The molecule has 0 amide bonds. The van der Waals surface area contributed by atoms with E-state index in [0.29, 0.717) is 6.81 Å². The molecule has 0 aromatic carbocycles. The lowest BCUT2D eigenvalue weighted by atomic mass is 9.26. The number of rotatable bonds is 0. The van der Waals surface area contributed by atoms with Gasteiger partial charge in [-0.15, -0.1) is 0 Å². The summed E-state index contributed by atoms with van der Waals surface area (Å²) in [5.41, 5.74) is 0.00637. The lowest BCUT2D eigenvalue weighted by Crippen LogP contribution is -2.31. The summed E-state index contributed by atoms with van der Waals surface area (Å²) >= 11 is 0. The van der Waals surface area contributed by atoms with Crippen LogP contribution >= 0.6 is 0 Å². The normalized spacial score (nSPS) is 28.3. The second-order valence-corrected chi connectivity index (χ2v) is 4.22. The van der Waals surface area contributed by atoms with E-state index in [4.69, 9.17) is 4.65 Å². The van der Waals surface area contributed by atoms with Crippen LogP contribution in [0, 0.1) is 0 Å². The molecule has 1 saturated heterocycles. The van der Waals surface area contributed by atoms with Crippen molar-refractivity contribution in [3.8, 4) is 0 Å². The van der Waals surface area contributed by atoms with Crippen LogP contribution in [0.5, 0.6) is 0 Å². The van der Waals surface area contributed by atoms with Crippen molar-refractivity contribution in [2.75, 3.05) is 0 Å². The van der Waals surface area contributed by atoms with Crippen molar-refractivity contribution < 1.29 is 4.65 Å². The zero-order valence-electron chi connectivity index (χ0n) is 7.56. The van der Waals surface area contributed by atoms with Gasteiger partial charge in [0, 0.05) is 5.60 Å². The average molecular weight is 137 g/mol. The molecule has 1 rings (SSSR count). The highest BCUT2D eigenvalue weighted by Gasteiger charge is 2.47. The molecule has 1 nitrogen and oxygen atoms in total. The largest absolute Gasteiger partial charge is 0.441 e. The molecule has 1 heterocycles. The lowest BCUT2D eigenvalue weighted by molar-refractivity contribution is 0.0868. The smallest absolute Gasteiger partial charge is 0.245 e. The van der Waals surface area contributed by atoms with Crippen molar-refractivity contribution in [3.63, 3.8) is 0 Å². The molecule has 0 spiro atoms. The van der Waals surface area contributed by atoms with Crippen LogP contribution in [0.3, 0.4) is 0 Å². The molecule has 1 radical (unpaired) electrons. The fraction of sp³-hybridized carbons (Fsp3) is 1.00. The van der Waals surface area contributed by atoms with E-state index in [1.807, 2.05) is 0 Å². The first-order chi connectivity index (χ1) is 4.35. The molecule has 1 aliphatic heterocycles. The highest BCUT2D eigenvalue weighted by Crippen LogP contribution is 2.45. The van der Waals surface area contributed by atoms with E-state index >= 15 is 0 Å². The summed E-state index contributed by atoms with van der Waals surface area (Å²) in [6.07, 6.45) is 0.